The molecule has 0 saturated carbocycles. The Labute approximate surface area is 95.1 Å². The summed E-state index contributed by atoms with van der Waals surface area (Å²) in [4.78, 5) is 0. The fourth-order valence-electron chi connectivity index (χ4n) is 2.27. The van der Waals surface area contributed by atoms with Crippen LogP contribution < -0.4 is 5.32 Å². The fourth-order valence-corrected chi connectivity index (χ4v) is 2.27. The molecule has 2 rings (SSSR count). The zero-order chi connectivity index (χ0) is 11.4. The Bertz CT molecular complexity index is 403. The van der Waals surface area contributed by atoms with Crippen LogP contribution in [0.4, 0.5) is 4.39 Å². The summed E-state index contributed by atoms with van der Waals surface area (Å²) in [6, 6.07) is 8.99. The van der Waals surface area contributed by atoms with E-state index in [1.54, 1.807) is 6.07 Å². The highest BCUT2D eigenvalue weighted by Gasteiger charge is 2.32. The molecule has 0 aliphatic carbocycles. The van der Waals surface area contributed by atoms with Gasteiger partial charge in [0.1, 0.15) is 5.82 Å². The topological polar surface area (TPSA) is 35.8 Å². The molecule has 1 saturated heterocycles. The summed E-state index contributed by atoms with van der Waals surface area (Å²) >= 11 is 0. The molecule has 0 amide bonds. The first kappa shape index (κ1) is 11.1. The fraction of sp³-hybridized carbons (Fsp3) is 0.462. The third kappa shape index (κ3) is 2.40. The van der Waals surface area contributed by atoms with E-state index in [-0.39, 0.29) is 11.2 Å². The molecule has 0 atom stereocenters. The van der Waals surface area contributed by atoms with Crippen LogP contribution in [0.2, 0.25) is 0 Å². The van der Waals surface area contributed by atoms with Crippen molar-refractivity contribution in [1.82, 2.24) is 5.32 Å². The number of hydrogen-bond donors (Lipinski definition) is 1. The van der Waals surface area contributed by atoms with Crippen molar-refractivity contribution in [2.45, 2.75) is 19.3 Å². The van der Waals surface area contributed by atoms with E-state index in [0.29, 0.717) is 6.42 Å². The van der Waals surface area contributed by atoms with Gasteiger partial charge in [-0.25, -0.2) is 4.39 Å². The normalized spacial score (nSPS) is 19.0. The van der Waals surface area contributed by atoms with Gasteiger partial charge in [0.2, 0.25) is 0 Å². The van der Waals surface area contributed by atoms with E-state index >= 15 is 0 Å². The molecule has 1 N–H and O–H groups in total. The lowest BCUT2D eigenvalue weighted by Crippen LogP contribution is -2.37. The average Bonchev–Trinajstić information content (AvgIpc) is 2.30. The van der Waals surface area contributed by atoms with Crippen LogP contribution in [-0.2, 0) is 6.42 Å². The maximum atomic E-state index is 13.1. The number of rotatable bonds is 2. The van der Waals surface area contributed by atoms with E-state index in [1.165, 1.54) is 12.1 Å². The number of benzene rings is 1. The number of nitrogens with zero attached hydrogens (tertiary/aromatic N) is 1. The third-order valence-electron chi connectivity index (χ3n) is 3.23. The number of halogens is 1. The summed E-state index contributed by atoms with van der Waals surface area (Å²) in [5.74, 6) is -0.223. The van der Waals surface area contributed by atoms with E-state index in [1.807, 2.05) is 6.07 Å². The van der Waals surface area contributed by atoms with Crippen molar-refractivity contribution in [2.24, 2.45) is 5.41 Å². The predicted octanol–water partition coefficient (Wildman–Crippen LogP) is 2.26. The van der Waals surface area contributed by atoms with E-state index in [2.05, 4.69) is 11.4 Å². The van der Waals surface area contributed by atoms with Crippen LogP contribution in [0.3, 0.4) is 0 Å². The molecule has 1 fully saturated rings. The van der Waals surface area contributed by atoms with Crippen LogP contribution in [0.15, 0.2) is 24.3 Å². The van der Waals surface area contributed by atoms with Crippen molar-refractivity contribution in [1.29, 1.82) is 5.26 Å². The molecule has 1 aliphatic heterocycles. The minimum absolute atomic E-state index is 0.223. The van der Waals surface area contributed by atoms with Crippen molar-refractivity contribution in [2.75, 3.05) is 13.1 Å². The lowest BCUT2D eigenvalue weighted by Gasteiger charge is -2.31. The average molecular weight is 218 g/mol. The van der Waals surface area contributed by atoms with Crippen LogP contribution in [0, 0.1) is 22.6 Å². The molecule has 2 nitrogen and oxygen atoms in total. The second-order valence-corrected chi connectivity index (χ2v) is 4.45. The minimum Gasteiger partial charge on any atom is -0.317 e. The highest BCUT2D eigenvalue weighted by molar-refractivity contribution is 5.21. The Kier molecular flexibility index (Phi) is 3.21. The largest absolute Gasteiger partial charge is 0.317 e. The number of piperidine rings is 1. The summed E-state index contributed by atoms with van der Waals surface area (Å²) in [5, 5.41) is 12.5. The van der Waals surface area contributed by atoms with Gasteiger partial charge in [0.15, 0.2) is 0 Å². The van der Waals surface area contributed by atoms with Gasteiger partial charge in [-0.3, -0.25) is 0 Å². The Morgan fingerprint density at radius 1 is 1.38 bits per heavy atom. The lowest BCUT2D eigenvalue weighted by atomic mass is 9.75. The van der Waals surface area contributed by atoms with E-state index < -0.39 is 0 Å². The van der Waals surface area contributed by atoms with E-state index in [9.17, 15) is 9.65 Å². The van der Waals surface area contributed by atoms with E-state index in [0.717, 1.165) is 31.5 Å². The van der Waals surface area contributed by atoms with E-state index in [4.69, 9.17) is 0 Å². The highest BCUT2D eigenvalue weighted by atomic mass is 19.1. The SMILES string of the molecule is N#CC1(Cc2cccc(F)c2)CCNCC1. The summed E-state index contributed by atoms with van der Waals surface area (Å²) in [6.07, 6.45) is 2.35. The van der Waals surface area contributed by atoms with Crippen LogP contribution in [0.5, 0.6) is 0 Å². The molecule has 1 aromatic carbocycles. The smallest absolute Gasteiger partial charge is 0.123 e. The number of nitrogens with one attached hydrogen (secondary N) is 1. The van der Waals surface area contributed by atoms with Crippen molar-refractivity contribution >= 4 is 0 Å². The molecule has 0 radical (unpaired) electrons. The Hall–Kier alpha value is -1.40. The van der Waals surface area contributed by atoms with Gasteiger partial charge in [0.05, 0.1) is 11.5 Å². The van der Waals surface area contributed by atoms with Gasteiger partial charge in [-0.05, 0) is 50.0 Å². The van der Waals surface area contributed by atoms with Gasteiger partial charge in [-0.1, -0.05) is 12.1 Å². The summed E-state index contributed by atoms with van der Waals surface area (Å²) in [6.45, 7) is 1.76. The van der Waals surface area contributed by atoms with Gasteiger partial charge in [-0.2, -0.15) is 5.26 Å². The molecular weight excluding hydrogens is 203 g/mol. The van der Waals surface area contributed by atoms with Gasteiger partial charge in [0.25, 0.3) is 0 Å². The Balaban J connectivity index is 2.15. The lowest BCUT2D eigenvalue weighted by molar-refractivity contribution is 0.280. The summed E-state index contributed by atoms with van der Waals surface area (Å²) in [5.41, 5.74) is 0.613. The first-order valence-corrected chi connectivity index (χ1v) is 5.61. The van der Waals surface area contributed by atoms with Gasteiger partial charge >= 0.3 is 0 Å². The molecule has 3 heteroatoms. The van der Waals surface area contributed by atoms with Gasteiger partial charge < -0.3 is 5.32 Å². The Morgan fingerprint density at radius 3 is 2.75 bits per heavy atom. The maximum absolute atomic E-state index is 13.1. The van der Waals surface area contributed by atoms with Gasteiger partial charge in [-0.15, -0.1) is 0 Å². The molecule has 0 unspecified atom stereocenters. The molecule has 1 aliphatic rings. The molecule has 0 aromatic heterocycles. The Morgan fingerprint density at radius 2 is 2.12 bits per heavy atom. The molecule has 1 heterocycles. The highest BCUT2D eigenvalue weighted by Crippen LogP contribution is 2.32. The van der Waals surface area contributed by atoms with Crippen LogP contribution in [0.25, 0.3) is 0 Å². The van der Waals surface area contributed by atoms with Gasteiger partial charge in [0, 0.05) is 0 Å². The molecule has 1 aromatic rings. The minimum atomic E-state index is -0.307. The second-order valence-electron chi connectivity index (χ2n) is 4.45. The molecule has 0 bridgehead atoms. The van der Waals surface area contributed by atoms with Crippen molar-refractivity contribution in [3.63, 3.8) is 0 Å². The number of hydrogen-bond acceptors (Lipinski definition) is 2. The summed E-state index contributed by atoms with van der Waals surface area (Å²) in [7, 11) is 0. The third-order valence-corrected chi connectivity index (χ3v) is 3.23. The zero-order valence-electron chi connectivity index (χ0n) is 9.17. The maximum Gasteiger partial charge on any atom is 0.123 e. The van der Waals surface area contributed by atoms with Crippen LogP contribution in [-0.4, -0.2) is 13.1 Å². The van der Waals surface area contributed by atoms with Crippen LogP contribution >= 0.6 is 0 Å². The number of nitriles is 1. The molecule has 84 valence electrons. The van der Waals surface area contributed by atoms with Crippen molar-refractivity contribution in [3.05, 3.63) is 35.6 Å². The molecular formula is C13H15FN2. The second kappa shape index (κ2) is 4.63. The standard InChI is InChI=1S/C13H15FN2/c14-12-3-1-2-11(8-12)9-13(10-15)4-6-16-7-5-13/h1-3,8,16H,4-7,9H2. The van der Waals surface area contributed by atoms with Crippen molar-refractivity contribution < 1.29 is 4.39 Å². The zero-order valence-corrected chi connectivity index (χ0v) is 9.17. The quantitative estimate of drug-likeness (QED) is 0.826. The molecule has 0 spiro atoms. The van der Waals surface area contributed by atoms with Crippen LogP contribution in [0.1, 0.15) is 18.4 Å². The van der Waals surface area contributed by atoms with Crippen molar-refractivity contribution in [3.8, 4) is 6.07 Å². The first-order valence-electron chi connectivity index (χ1n) is 5.61. The predicted molar refractivity (Wildman–Crippen MR) is 60.3 cm³/mol. The first-order chi connectivity index (χ1) is 7.74. The molecule has 16 heavy (non-hydrogen) atoms. The monoisotopic (exact) mass is 218 g/mol. The summed E-state index contributed by atoms with van der Waals surface area (Å²) < 4.78 is 13.1.